The quantitative estimate of drug-likeness (QED) is 0.632. The van der Waals surface area contributed by atoms with E-state index in [1.807, 2.05) is 0 Å². The summed E-state index contributed by atoms with van der Waals surface area (Å²) in [6, 6.07) is 0.736. The van der Waals surface area contributed by atoms with Crippen molar-refractivity contribution in [2.24, 2.45) is 17.8 Å². The Bertz CT molecular complexity index is 217. The normalized spacial score (nSPS) is 27.9. The summed E-state index contributed by atoms with van der Waals surface area (Å²) in [7, 11) is 0. The van der Waals surface area contributed by atoms with Crippen LogP contribution in [-0.4, -0.2) is 25.8 Å². The second-order valence-corrected chi connectivity index (χ2v) is 6.54. The van der Waals surface area contributed by atoms with E-state index in [4.69, 9.17) is 4.74 Å². The lowest BCUT2D eigenvalue weighted by Crippen LogP contribution is -2.42. The van der Waals surface area contributed by atoms with Crippen molar-refractivity contribution in [2.75, 3.05) is 19.8 Å². The van der Waals surface area contributed by atoms with Gasteiger partial charge < -0.3 is 10.1 Å². The highest BCUT2D eigenvalue weighted by atomic mass is 16.5. The summed E-state index contributed by atoms with van der Waals surface area (Å²) < 4.78 is 5.71. The Kier molecular flexibility index (Phi) is 8.72. The van der Waals surface area contributed by atoms with Crippen molar-refractivity contribution in [3.8, 4) is 0 Å². The summed E-state index contributed by atoms with van der Waals surface area (Å²) >= 11 is 0. The molecule has 1 rings (SSSR count). The molecule has 3 atom stereocenters. The molecule has 2 nitrogen and oxygen atoms in total. The van der Waals surface area contributed by atoms with Gasteiger partial charge in [-0.15, -0.1) is 0 Å². The Balaban J connectivity index is 2.40. The van der Waals surface area contributed by atoms with Crippen LogP contribution >= 0.6 is 0 Å². The fourth-order valence-corrected chi connectivity index (χ4v) is 3.30. The first kappa shape index (κ1) is 17.0. The van der Waals surface area contributed by atoms with Gasteiger partial charge in [0.15, 0.2) is 0 Å². The fraction of sp³-hybridized carbons (Fsp3) is 1.00. The standard InChI is InChI=1S/C17H35NO/c1-5-10-18-17-8-7-15(14(3)4)13-16(17)9-12-19-11-6-2/h14-18H,5-13H2,1-4H3. The van der Waals surface area contributed by atoms with Crippen molar-refractivity contribution in [3.63, 3.8) is 0 Å². The molecule has 1 N–H and O–H groups in total. The van der Waals surface area contributed by atoms with Gasteiger partial charge in [-0.05, 0) is 62.8 Å². The SMILES string of the molecule is CCCNC1CCC(C(C)C)CC1CCOCCC. The van der Waals surface area contributed by atoms with Crippen molar-refractivity contribution in [2.45, 2.75) is 72.3 Å². The minimum absolute atomic E-state index is 0.736. The number of nitrogens with one attached hydrogen (secondary N) is 1. The summed E-state index contributed by atoms with van der Waals surface area (Å²) in [4.78, 5) is 0. The van der Waals surface area contributed by atoms with E-state index in [0.717, 1.165) is 43.4 Å². The van der Waals surface area contributed by atoms with Crippen LogP contribution in [0.2, 0.25) is 0 Å². The van der Waals surface area contributed by atoms with Crippen LogP contribution in [0.5, 0.6) is 0 Å². The lowest BCUT2D eigenvalue weighted by Gasteiger charge is -2.38. The second-order valence-electron chi connectivity index (χ2n) is 6.54. The molecule has 0 saturated heterocycles. The number of rotatable bonds is 9. The molecule has 0 aliphatic heterocycles. The Morgan fingerprint density at radius 1 is 1.11 bits per heavy atom. The van der Waals surface area contributed by atoms with Crippen molar-refractivity contribution >= 4 is 0 Å². The molecule has 19 heavy (non-hydrogen) atoms. The predicted octanol–water partition coefficient (Wildman–Crippen LogP) is 4.24. The molecule has 1 aliphatic carbocycles. The van der Waals surface area contributed by atoms with Crippen LogP contribution in [-0.2, 0) is 4.74 Å². The zero-order valence-corrected chi connectivity index (χ0v) is 13.6. The highest BCUT2D eigenvalue weighted by Crippen LogP contribution is 2.35. The van der Waals surface area contributed by atoms with Gasteiger partial charge in [0.05, 0.1) is 0 Å². The van der Waals surface area contributed by atoms with Gasteiger partial charge >= 0.3 is 0 Å². The first-order chi connectivity index (χ1) is 9.19. The molecule has 0 aromatic carbocycles. The molecule has 1 saturated carbocycles. The molecule has 0 aromatic heterocycles. The number of hydrogen-bond donors (Lipinski definition) is 1. The highest BCUT2D eigenvalue weighted by Gasteiger charge is 2.30. The molecule has 0 radical (unpaired) electrons. The van der Waals surface area contributed by atoms with Gasteiger partial charge in [-0.2, -0.15) is 0 Å². The number of hydrogen-bond acceptors (Lipinski definition) is 2. The average Bonchev–Trinajstić information content (AvgIpc) is 2.41. The third kappa shape index (κ3) is 6.27. The Morgan fingerprint density at radius 3 is 2.53 bits per heavy atom. The summed E-state index contributed by atoms with van der Waals surface area (Å²) in [5, 5.41) is 3.77. The highest BCUT2D eigenvalue weighted by molar-refractivity contribution is 4.85. The maximum absolute atomic E-state index is 5.71. The van der Waals surface area contributed by atoms with Crippen LogP contribution in [0.3, 0.4) is 0 Å². The van der Waals surface area contributed by atoms with Crippen LogP contribution in [0.1, 0.15) is 66.2 Å². The maximum atomic E-state index is 5.71. The molecule has 0 bridgehead atoms. The fourth-order valence-electron chi connectivity index (χ4n) is 3.30. The molecule has 1 fully saturated rings. The molecule has 2 heteroatoms. The third-order valence-corrected chi connectivity index (χ3v) is 4.60. The monoisotopic (exact) mass is 269 g/mol. The molecule has 0 spiro atoms. The lowest BCUT2D eigenvalue weighted by molar-refractivity contribution is 0.0896. The van der Waals surface area contributed by atoms with Gasteiger partial charge in [-0.3, -0.25) is 0 Å². The van der Waals surface area contributed by atoms with Gasteiger partial charge in [0.2, 0.25) is 0 Å². The van der Waals surface area contributed by atoms with Crippen molar-refractivity contribution < 1.29 is 4.74 Å². The van der Waals surface area contributed by atoms with E-state index in [9.17, 15) is 0 Å². The smallest absolute Gasteiger partial charge is 0.0469 e. The van der Waals surface area contributed by atoms with Gasteiger partial charge in [-0.1, -0.05) is 27.7 Å². The minimum atomic E-state index is 0.736. The van der Waals surface area contributed by atoms with Crippen molar-refractivity contribution in [1.82, 2.24) is 5.32 Å². The van der Waals surface area contributed by atoms with Crippen LogP contribution in [0.25, 0.3) is 0 Å². The van der Waals surface area contributed by atoms with Crippen LogP contribution in [0.15, 0.2) is 0 Å². The zero-order valence-electron chi connectivity index (χ0n) is 13.6. The zero-order chi connectivity index (χ0) is 14.1. The Labute approximate surface area is 120 Å². The minimum Gasteiger partial charge on any atom is -0.381 e. The molecular formula is C17H35NO. The second kappa shape index (κ2) is 9.77. The van der Waals surface area contributed by atoms with E-state index < -0.39 is 0 Å². The predicted molar refractivity (Wildman–Crippen MR) is 83.5 cm³/mol. The van der Waals surface area contributed by atoms with Crippen LogP contribution in [0.4, 0.5) is 0 Å². The Hall–Kier alpha value is -0.0800. The molecule has 1 aliphatic rings. The topological polar surface area (TPSA) is 21.3 Å². The van der Waals surface area contributed by atoms with Crippen molar-refractivity contribution in [3.05, 3.63) is 0 Å². The van der Waals surface area contributed by atoms with E-state index in [1.54, 1.807) is 0 Å². The van der Waals surface area contributed by atoms with Gasteiger partial charge in [0.1, 0.15) is 0 Å². The van der Waals surface area contributed by atoms with E-state index in [-0.39, 0.29) is 0 Å². The maximum Gasteiger partial charge on any atom is 0.0469 e. The molecule has 0 aromatic rings. The van der Waals surface area contributed by atoms with Crippen LogP contribution < -0.4 is 5.32 Å². The van der Waals surface area contributed by atoms with Crippen molar-refractivity contribution in [1.29, 1.82) is 0 Å². The molecule has 0 amide bonds. The summed E-state index contributed by atoms with van der Waals surface area (Å²) in [6.45, 7) is 12.3. The van der Waals surface area contributed by atoms with Gasteiger partial charge in [0, 0.05) is 19.3 Å². The van der Waals surface area contributed by atoms with Gasteiger partial charge in [-0.25, -0.2) is 0 Å². The summed E-state index contributed by atoms with van der Waals surface area (Å²) in [5.74, 6) is 2.59. The van der Waals surface area contributed by atoms with Crippen LogP contribution in [0, 0.1) is 17.8 Å². The molecule has 0 heterocycles. The first-order valence-electron chi connectivity index (χ1n) is 8.50. The number of ether oxygens (including phenoxy) is 1. The lowest BCUT2D eigenvalue weighted by atomic mass is 9.72. The van der Waals surface area contributed by atoms with E-state index >= 15 is 0 Å². The molecule has 3 unspecified atom stereocenters. The van der Waals surface area contributed by atoms with E-state index in [1.165, 1.54) is 38.6 Å². The Morgan fingerprint density at radius 2 is 1.89 bits per heavy atom. The molecular weight excluding hydrogens is 234 g/mol. The van der Waals surface area contributed by atoms with E-state index in [2.05, 4.69) is 33.0 Å². The van der Waals surface area contributed by atoms with Gasteiger partial charge in [0.25, 0.3) is 0 Å². The average molecular weight is 269 g/mol. The first-order valence-corrected chi connectivity index (χ1v) is 8.50. The van der Waals surface area contributed by atoms with E-state index in [0.29, 0.717) is 0 Å². The summed E-state index contributed by atoms with van der Waals surface area (Å²) in [6.07, 6.45) is 7.78. The third-order valence-electron chi connectivity index (χ3n) is 4.60. The largest absolute Gasteiger partial charge is 0.381 e. The summed E-state index contributed by atoms with van der Waals surface area (Å²) in [5.41, 5.74) is 0. The molecule has 114 valence electrons.